The Hall–Kier alpha value is -3.04. The molecule has 45 heavy (non-hydrogen) atoms. The van der Waals surface area contributed by atoms with Crippen LogP contribution in [0.25, 0.3) is 0 Å². The van der Waals surface area contributed by atoms with E-state index in [1.165, 1.54) is 49.4 Å². The molecule has 0 unspecified atom stereocenters. The molecule has 1 aliphatic heterocycles. The van der Waals surface area contributed by atoms with E-state index in [1.807, 2.05) is 6.92 Å². The maximum Gasteiger partial charge on any atom is 0.303 e. The van der Waals surface area contributed by atoms with Crippen molar-refractivity contribution in [3.8, 4) is 0 Å². The van der Waals surface area contributed by atoms with Crippen LogP contribution < -0.4 is 10.6 Å². The van der Waals surface area contributed by atoms with Gasteiger partial charge in [-0.05, 0) is 111 Å². The van der Waals surface area contributed by atoms with Crippen molar-refractivity contribution in [2.75, 3.05) is 25.0 Å². The second-order valence-corrected chi connectivity index (χ2v) is 14.6. The Morgan fingerprint density at radius 2 is 1.91 bits per heavy atom. The Morgan fingerprint density at radius 1 is 1.11 bits per heavy atom. The Balaban J connectivity index is 0.000000187. The fourth-order valence-electron chi connectivity index (χ4n) is 9.94. The monoisotopic (exact) mass is 619 g/mol. The van der Waals surface area contributed by atoms with Crippen LogP contribution in [0.3, 0.4) is 0 Å². The number of hydrogen-bond donors (Lipinski definition) is 4. The van der Waals surface area contributed by atoms with Gasteiger partial charge in [-0.1, -0.05) is 31.6 Å². The van der Waals surface area contributed by atoms with E-state index in [1.54, 1.807) is 6.08 Å². The van der Waals surface area contributed by atoms with Crippen LogP contribution >= 0.6 is 0 Å². The van der Waals surface area contributed by atoms with E-state index in [0.717, 1.165) is 50.3 Å². The number of hydrogen-bond acceptors (Lipinski definition) is 9. The lowest BCUT2D eigenvalue weighted by molar-refractivity contribution is -0.184. The first-order chi connectivity index (χ1) is 21.5. The zero-order valence-electron chi connectivity index (χ0n) is 27.0. The van der Waals surface area contributed by atoms with Gasteiger partial charge < -0.3 is 25.6 Å². The number of allylic oxidation sites excluding steroid dienone is 1. The molecular weight excluding hydrogens is 570 g/mol. The van der Waals surface area contributed by atoms with E-state index < -0.39 is 35.5 Å². The smallest absolute Gasteiger partial charge is 0.303 e. The number of carbonyl (C=O) groups excluding carboxylic acids is 3. The highest BCUT2D eigenvalue weighted by Crippen LogP contribution is 2.67. The minimum absolute atomic E-state index is 0.0413. The molecule has 7 atom stereocenters. The Kier molecular flexibility index (Phi) is 8.72. The summed E-state index contributed by atoms with van der Waals surface area (Å²) in [6.45, 7) is 6.77. The number of aliphatic imine (C=N–C) groups is 1. The Labute approximate surface area is 266 Å². The minimum Gasteiger partial charge on any atom is -0.458 e. The van der Waals surface area contributed by atoms with Crippen molar-refractivity contribution in [3.05, 3.63) is 41.0 Å². The third-order valence-electron chi connectivity index (χ3n) is 12.2. The van der Waals surface area contributed by atoms with Crippen molar-refractivity contribution in [1.29, 1.82) is 0 Å². The summed E-state index contributed by atoms with van der Waals surface area (Å²) in [6, 6.07) is 6.55. The Morgan fingerprint density at radius 3 is 2.67 bits per heavy atom. The van der Waals surface area contributed by atoms with Crippen LogP contribution in [0.15, 0.2) is 34.8 Å². The fourth-order valence-corrected chi connectivity index (χ4v) is 9.94. The third kappa shape index (κ3) is 5.64. The molecule has 9 heteroatoms. The molecular formula is C36H49N3O6. The van der Waals surface area contributed by atoms with Gasteiger partial charge in [0.05, 0.1) is 12.6 Å². The number of aliphatic hydroxyl groups excluding tert-OH is 1. The molecule has 0 saturated heterocycles. The summed E-state index contributed by atoms with van der Waals surface area (Å²) in [5.41, 5.74) is 2.88. The van der Waals surface area contributed by atoms with Crippen molar-refractivity contribution in [2.45, 2.75) is 103 Å². The van der Waals surface area contributed by atoms with Crippen LogP contribution in [0.5, 0.6) is 0 Å². The Bertz CT molecular complexity index is 1420. The SMILES string of the molecule is CC(=O)OCC(=O)[C@@]1(O)CC[C@H]2[C@@H]3CCC4=CC(=O)CC[C@]4(C)[C@H]3[C@@H](O)C[C@@]21C.c1cc2c(c(NC3=NCCN3)c1)CCCC2. The summed E-state index contributed by atoms with van der Waals surface area (Å²) in [7, 11) is 0. The van der Waals surface area contributed by atoms with Gasteiger partial charge in [0.2, 0.25) is 5.78 Å². The van der Waals surface area contributed by atoms with E-state index >= 15 is 0 Å². The lowest BCUT2D eigenvalue weighted by atomic mass is 9.45. The molecule has 3 saturated carbocycles. The normalized spacial score (nSPS) is 36.4. The molecule has 244 valence electrons. The number of fused-ring (bicyclic) bond motifs is 6. The second-order valence-electron chi connectivity index (χ2n) is 14.6. The molecule has 9 nitrogen and oxygen atoms in total. The quantitative estimate of drug-likeness (QED) is 0.367. The van der Waals surface area contributed by atoms with E-state index in [-0.39, 0.29) is 29.0 Å². The molecule has 6 aliphatic rings. The number of aliphatic hydroxyl groups is 2. The summed E-state index contributed by atoms with van der Waals surface area (Å²) in [5.74, 6) is 0.467. The molecule has 0 radical (unpaired) electrons. The number of aryl methyl sites for hydroxylation is 1. The third-order valence-corrected chi connectivity index (χ3v) is 12.2. The predicted octanol–water partition coefficient (Wildman–Crippen LogP) is 4.29. The summed E-state index contributed by atoms with van der Waals surface area (Å²) >= 11 is 0. The van der Waals surface area contributed by atoms with Crippen LogP contribution in [0, 0.1) is 28.6 Å². The van der Waals surface area contributed by atoms with E-state index in [0.29, 0.717) is 19.3 Å². The number of Topliss-reactive ketones (excluding diaryl/α,β-unsaturated/α-hetero) is 1. The number of anilines is 1. The number of nitrogens with zero attached hydrogens (tertiary/aromatic N) is 1. The summed E-state index contributed by atoms with van der Waals surface area (Å²) in [6.07, 6.45) is 10.6. The number of nitrogens with one attached hydrogen (secondary N) is 2. The van der Waals surface area contributed by atoms with Gasteiger partial charge in [-0.2, -0.15) is 0 Å². The highest BCUT2D eigenvalue weighted by atomic mass is 16.5. The highest BCUT2D eigenvalue weighted by molar-refractivity contribution is 5.95. The van der Waals surface area contributed by atoms with Gasteiger partial charge in [0, 0.05) is 31.0 Å². The maximum absolute atomic E-state index is 12.9. The lowest BCUT2D eigenvalue weighted by Crippen LogP contribution is -2.62. The molecule has 0 aromatic heterocycles. The number of ketones is 2. The van der Waals surface area contributed by atoms with Gasteiger partial charge in [-0.15, -0.1) is 0 Å². The average molecular weight is 620 g/mol. The second kappa shape index (κ2) is 12.3. The van der Waals surface area contributed by atoms with Crippen molar-refractivity contribution in [3.63, 3.8) is 0 Å². The first kappa shape index (κ1) is 31.9. The largest absolute Gasteiger partial charge is 0.458 e. The molecule has 0 amide bonds. The zero-order valence-corrected chi connectivity index (χ0v) is 27.0. The van der Waals surface area contributed by atoms with Crippen molar-refractivity contribution >= 4 is 29.2 Å². The minimum atomic E-state index is -1.58. The summed E-state index contributed by atoms with van der Waals surface area (Å²) in [5, 5.41) is 29.4. The predicted molar refractivity (Wildman–Crippen MR) is 172 cm³/mol. The number of rotatable bonds is 4. The molecule has 0 bridgehead atoms. The highest BCUT2D eigenvalue weighted by Gasteiger charge is 2.68. The number of carbonyl (C=O) groups is 3. The first-order valence-electron chi connectivity index (χ1n) is 16.9. The molecule has 0 spiro atoms. The van der Waals surface area contributed by atoms with E-state index in [9.17, 15) is 24.6 Å². The van der Waals surface area contributed by atoms with Gasteiger partial charge in [-0.3, -0.25) is 19.4 Å². The van der Waals surface area contributed by atoms with Crippen LogP contribution in [0.2, 0.25) is 0 Å². The molecule has 1 heterocycles. The van der Waals surface area contributed by atoms with Crippen LogP contribution in [-0.2, 0) is 32.0 Å². The van der Waals surface area contributed by atoms with Crippen LogP contribution in [-0.4, -0.2) is 65.1 Å². The topological polar surface area (TPSA) is 137 Å². The zero-order chi connectivity index (χ0) is 32.0. The molecule has 7 rings (SSSR count). The first-order valence-corrected chi connectivity index (χ1v) is 16.9. The number of esters is 1. The van der Waals surface area contributed by atoms with Gasteiger partial charge in [0.25, 0.3) is 0 Å². The van der Waals surface area contributed by atoms with Crippen molar-refractivity contribution in [1.82, 2.24) is 5.32 Å². The van der Waals surface area contributed by atoms with Gasteiger partial charge >= 0.3 is 5.97 Å². The molecule has 1 aromatic rings. The lowest BCUT2D eigenvalue weighted by Gasteiger charge is -2.60. The van der Waals surface area contributed by atoms with Crippen LogP contribution in [0.4, 0.5) is 5.69 Å². The standard InChI is InChI=1S/C23H32O6.C13H17N3/c1-13(24)29-12-19(27)23(28)9-7-17-16-5-4-14-10-15(25)6-8-21(14,2)20(16)18(26)11-22(17,23)3;1-2-6-11-10(4-1)5-3-7-12(11)16-13-14-8-9-15-13/h10,16-18,20,26,28H,4-9,11-12H2,1-3H3;3,5,7H,1-2,4,6,8-9H2,(H2,14,15,16)/t16-,17-,18-,20+,21-,22-,23-;/m0./s1. The number of ether oxygens (including phenoxy) is 1. The molecule has 3 fully saturated rings. The maximum atomic E-state index is 12.9. The molecule has 1 aromatic carbocycles. The van der Waals surface area contributed by atoms with Gasteiger partial charge in [0.15, 0.2) is 18.3 Å². The number of benzene rings is 1. The fraction of sp³-hybridized carbons (Fsp3) is 0.667. The summed E-state index contributed by atoms with van der Waals surface area (Å²) < 4.78 is 4.89. The van der Waals surface area contributed by atoms with Crippen LogP contribution in [0.1, 0.15) is 89.7 Å². The van der Waals surface area contributed by atoms with Crippen molar-refractivity contribution < 1.29 is 29.3 Å². The number of guanidine groups is 1. The van der Waals surface area contributed by atoms with Crippen molar-refractivity contribution in [2.24, 2.45) is 33.6 Å². The van der Waals surface area contributed by atoms with Gasteiger partial charge in [-0.25, -0.2) is 0 Å². The average Bonchev–Trinajstić information content (AvgIpc) is 3.62. The summed E-state index contributed by atoms with van der Waals surface area (Å²) in [4.78, 5) is 40.3. The molecule has 4 N–H and O–H groups in total. The van der Waals surface area contributed by atoms with E-state index in [2.05, 4.69) is 40.7 Å². The molecule has 5 aliphatic carbocycles. The van der Waals surface area contributed by atoms with Gasteiger partial charge in [0.1, 0.15) is 5.60 Å². The van der Waals surface area contributed by atoms with E-state index in [4.69, 9.17) is 4.74 Å².